The van der Waals surface area contributed by atoms with Gasteiger partial charge in [0, 0.05) is 0 Å². The number of benzene rings is 1. The van der Waals surface area contributed by atoms with Crippen LogP contribution in [0.25, 0.3) is 11.0 Å². The van der Waals surface area contributed by atoms with Gasteiger partial charge in [0.1, 0.15) is 5.58 Å². The summed E-state index contributed by atoms with van der Waals surface area (Å²) in [6, 6.07) is 7.46. The fourth-order valence-corrected chi connectivity index (χ4v) is 1.72. The normalized spacial score (nSPS) is 13.7. The van der Waals surface area contributed by atoms with Gasteiger partial charge >= 0.3 is 0 Å². The predicted molar refractivity (Wildman–Crippen MR) is 73.7 cm³/mol. The van der Waals surface area contributed by atoms with Crippen molar-refractivity contribution in [2.24, 2.45) is 16.8 Å². The fourth-order valence-electron chi connectivity index (χ4n) is 1.72. The van der Waals surface area contributed by atoms with Gasteiger partial charge in [0.05, 0.1) is 12.0 Å². The zero-order chi connectivity index (χ0) is 13.8. The Labute approximate surface area is 111 Å². The largest absolute Gasteiger partial charge is 0.488 e. The topological polar surface area (TPSA) is 81.0 Å². The number of rotatable bonds is 5. The van der Waals surface area contributed by atoms with Crippen LogP contribution in [0.4, 0.5) is 0 Å². The summed E-state index contributed by atoms with van der Waals surface area (Å²) in [7, 11) is 0. The quantitative estimate of drug-likeness (QED) is 0.375. The van der Waals surface area contributed by atoms with Gasteiger partial charge in [0.25, 0.3) is 0 Å². The summed E-state index contributed by atoms with van der Waals surface area (Å²) < 4.78 is 11.4. The van der Waals surface area contributed by atoms with Gasteiger partial charge in [-0.3, -0.25) is 0 Å². The lowest BCUT2D eigenvalue weighted by molar-refractivity contribution is 0.255. The maximum Gasteiger partial charge on any atom is 0.215 e. The highest BCUT2D eigenvalue weighted by Crippen LogP contribution is 2.33. The number of hydrogen-bond donors (Lipinski definition) is 2. The van der Waals surface area contributed by atoms with Crippen molar-refractivity contribution in [2.75, 3.05) is 6.61 Å². The Morgan fingerprint density at radius 1 is 1.47 bits per heavy atom. The number of oxime groups is 1. The molecule has 102 valence electrons. The summed E-state index contributed by atoms with van der Waals surface area (Å²) >= 11 is 0. The van der Waals surface area contributed by atoms with Crippen molar-refractivity contribution in [3.8, 4) is 5.75 Å². The summed E-state index contributed by atoms with van der Waals surface area (Å²) in [6.07, 6.45) is 1.02. The molecule has 0 spiro atoms. The van der Waals surface area contributed by atoms with Crippen LogP contribution in [-0.2, 0) is 0 Å². The van der Waals surface area contributed by atoms with Gasteiger partial charge in [-0.2, -0.15) is 0 Å². The first-order chi connectivity index (χ1) is 9.17. The molecule has 0 radical (unpaired) electrons. The number of ether oxygens (including phenoxy) is 1. The maximum atomic E-state index is 8.81. The Kier molecular flexibility index (Phi) is 3.94. The van der Waals surface area contributed by atoms with Crippen LogP contribution in [0.5, 0.6) is 5.75 Å². The summed E-state index contributed by atoms with van der Waals surface area (Å²) in [4.78, 5) is 0. The monoisotopic (exact) mass is 262 g/mol. The van der Waals surface area contributed by atoms with Gasteiger partial charge in [-0.25, -0.2) is 0 Å². The molecule has 5 heteroatoms. The van der Waals surface area contributed by atoms with Crippen molar-refractivity contribution in [2.45, 2.75) is 20.3 Å². The van der Waals surface area contributed by atoms with Gasteiger partial charge in [0.2, 0.25) is 11.6 Å². The molecule has 0 aliphatic rings. The molecule has 2 rings (SSSR count). The van der Waals surface area contributed by atoms with Crippen LogP contribution in [0.2, 0.25) is 0 Å². The Bertz CT molecular complexity index is 589. The lowest BCUT2D eigenvalue weighted by Gasteiger charge is -2.10. The summed E-state index contributed by atoms with van der Waals surface area (Å²) in [5, 5.41) is 12.6. The van der Waals surface area contributed by atoms with Crippen LogP contribution in [0.15, 0.2) is 33.8 Å². The smallest absolute Gasteiger partial charge is 0.215 e. The van der Waals surface area contributed by atoms with Crippen molar-refractivity contribution in [1.29, 1.82) is 0 Å². The van der Waals surface area contributed by atoms with Crippen LogP contribution < -0.4 is 10.5 Å². The lowest BCUT2D eigenvalue weighted by atomic mass is 10.1. The van der Waals surface area contributed by atoms with E-state index in [9.17, 15) is 0 Å². The minimum atomic E-state index is -0.0876. The van der Waals surface area contributed by atoms with Crippen LogP contribution in [0, 0.1) is 5.92 Å². The predicted octanol–water partition coefficient (Wildman–Crippen LogP) is 2.95. The van der Waals surface area contributed by atoms with Gasteiger partial charge < -0.3 is 20.1 Å². The van der Waals surface area contributed by atoms with Crippen LogP contribution in [0.1, 0.15) is 26.0 Å². The molecule has 0 amide bonds. The van der Waals surface area contributed by atoms with Crippen molar-refractivity contribution in [3.63, 3.8) is 0 Å². The van der Waals surface area contributed by atoms with Gasteiger partial charge in [-0.05, 0) is 18.1 Å². The Morgan fingerprint density at radius 2 is 2.21 bits per heavy atom. The van der Waals surface area contributed by atoms with Crippen LogP contribution in [0.3, 0.4) is 0 Å². The first kappa shape index (κ1) is 13.3. The number of furan rings is 1. The molecular weight excluding hydrogens is 244 g/mol. The van der Waals surface area contributed by atoms with Crippen molar-refractivity contribution in [1.82, 2.24) is 0 Å². The second-order valence-electron chi connectivity index (χ2n) is 4.57. The molecule has 1 aromatic carbocycles. The minimum absolute atomic E-state index is 0.0876. The van der Waals surface area contributed by atoms with Gasteiger partial charge in [-0.15, -0.1) is 0 Å². The summed E-state index contributed by atoms with van der Waals surface area (Å²) in [5.74, 6) is 1.14. The van der Waals surface area contributed by atoms with E-state index in [0.717, 1.165) is 11.8 Å². The summed E-state index contributed by atoms with van der Waals surface area (Å²) in [5.41, 5.74) is 6.28. The highest BCUT2D eigenvalue weighted by Gasteiger charge is 2.19. The first-order valence-corrected chi connectivity index (χ1v) is 6.29. The number of para-hydroxylation sites is 1. The van der Waals surface area contributed by atoms with Crippen LogP contribution in [-0.4, -0.2) is 17.6 Å². The molecule has 19 heavy (non-hydrogen) atoms. The molecule has 0 saturated heterocycles. The number of nitrogens with zero attached hydrogens (tertiary/aromatic N) is 1. The number of amidine groups is 1. The minimum Gasteiger partial charge on any atom is -0.488 e. The molecule has 3 N–H and O–H groups in total. The second-order valence-corrected chi connectivity index (χ2v) is 4.57. The Balaban J connectivity index is 2.42. The SMILES string of the molecule is CCC(C)COc1c(/C(N)=N/O)oc2ccccc12. The summed E-state index contributed by atoms with van der Waals surface area (Å²) in [6.45, 7) is 4.77. The van der Waals surface area contributed by atoms with Gasteiger partial charge in [-0.1, -0.05) is 37.6 Å². The molecule has 0 fully saturated rings. The molecule has 0 aliphatic heterocycles. The molecule has 1 aromatic heterocycles. The zero-order valence-corrected chi connectivity index (χ0v) is 11.1. The third kappa shape index (κ3) is 2.65. The van der Waals surface area contributed by atoms with Crippen molar-refractivity contribution < 1.29 is 14.4 Å². The van der Waals surface area contributed by atoms with E-state index in [-0.39, 0.29) is 11.6 Å². The van der Waals surface area contributed by atoms with Crippen LogP contribution >= 0.6 is 0 Å². The average Bonchev–Trinajstić information content (AvgIpc) is 2.82. The molecule has 0 bridgehead atoms. The second kappa shape index (κ2) is 5.65. The molecule has 1 unspecified atom stereocenters. The highest BCUT2D eigenvalue weighted by molar-refractivity contribution is 6.03. The van der Waals surface area contributed by atoms with E-state index < -0.39 is 0 Å². The van der Waals surface area contributed by atoms with E-state index in [1.165, 1.54) is 0 Å². The highest BCUT2D eigenvalue weighted by atomic mass is 16.5. The van der Waals surface area contributed by atoms with E-state index in [2.05, 4.69) is 19.0 Å². The van der Waals surface area contributed by atoms with Crippen molar-refractivity contribution in [3.05, 3.63) is 30.0 Å². The first-order valence-electron chi connectivity index (χ1n) is 6.29. The molecule has 5 nitrogen and oxygen atoms in total. The van der Waals surface area contributed by atoms with E-state index in [1.807, 2.05) is 24.3 Å². The van der Waals surface area contributed by atoms with E-state index in [0.29, 0.717) is 23.9 Å². The number of fused-ring (bicyclic) bond motifs is 1. The Hall–Kier alpha value is -2.17. The zero-order valence-electron chi connectivity index (χ0n) is 11.1. The third-order valence-electron chi connectivity index (χ3n) is 3.10. The third-order valence-corrected chi connectivity index (χ3v) is 3.10. The molecule has 2 aromatic rings. The van der Waals surface area contributed by atoms with E-state index >= 15 is 0 Å². The Morgan fingerprint density at radius 3 is 2.89 bits per heavy atom. The standard InChI is InChI=1S/C14H18N2O3/c1-3-9(2)8-18-12-10-6-4-5-7-11(10)19-13(12)14(15)16-17/h4-7,9,17H,3,8H2,1-2H3,(H2,15,16). The number of nitrogens with two attached hydrogens (primary N) is 1. The van der Waals surface area contributed by atoms with Gasteiger partial charge in [0.15, 0.2) is 5.75 Å². The molecule has 0 saturated carbocycles. The fraction of sp³-hybridized carbons (Fsp3) is 0.357. The van der Waals surface area contributed by atoms with Crippen molar-refractivity contribution >= 4 is 16.8 Å². The molecule has 1 atom stereocenters. The molecular formula is C14H18N2O3. The average molecular weight is 262 g/mol. The molecule has 0 aliphatic carbocycles. The lowest BCUT2D eigenvalue weighted by Crippen LogP contribution is -2.15. The van der Waals surface area contributed by atoms with E-state index in [4.69, 9.17) is 20.1 Å². The van der Waals surface area contributed by atoms with E-state index in [1.54, 1.807) is 0 Å². The number of hydrogen-bond acceptors (Lipinski definition) is 4. The maximum absolute atomic E-state index is 8.81. The molecule has 1 heterocycles.